The topological polar surface area (TPSA) is 70.9 Å². The van der Waals surface area contributed by atoms with E-state index < -0.39 is 0 Å². The summed E-state index contributed by atoms with van der Waals surface area (Å²) in [5.41, 5.74) is 1.68. The molecule has 0 aliphatic carbocycles. The molecule has 0 spiro atoms. The summed E-state index contributed by atoms with van der Waals surface area (Å²) in [5, 5.41) is 0.681. The SMILES string of the molecule is CN(C(=O)N1CC[C@H](n2cnc3cc(-c4ccc(Cl)cc4)sc3c2=O)C1)[C@H]1CCN(CC2CCOC2)C1. The van der Waals surface area contributed by atoms with Crippen LogP contribution >= 0.6 is 22.9 Å². The molecule has 0 N–H and O–H groups in total. The van der Waals surface area contributed by atoms with Gasteiger partial charge in [-0.15, -0.1) is 11.3 Å². The normalized spacial score (nSPS) is 24.4. The van der Waals surface area contributed by atoms with E-state index in [1.54, 1.807) is 10.9 Å². The standard InChI is InChI=1S/C27H32ClN5O3S/c1-30(21-6-9-31(14-21)13-18-8-11-36-16-18)27(35)32-10-7-22(15-32)33-17-29-23-12-24(37-25(23)26(33)34)19-2-4-20(28)5-3-19/h2-5,12,17-18,21-22H,6-11,13-16H2,1H3/t18?,21-,22-/m0/s1. The van der Waals surface area contributed by atoms with Crippen LogP contribution < -0.4 is 5.56 Å². The summed E-state index contributed by atoms with van der Waals surface area (Å²) in [5.74, 6) is 0.619. The van der Waals surface area contributed by atoms with Gasteiger partial charge in [-0.3, -0.25) is 9.36 Å². The molecule has 3 aliphatic rings. The Morgan fingerprint density at radius 1 is 1.19 bits per heavy atom. The number of thiophene rings is 1. The van der Waals surface area contributed by atoms with Crippen LogP contribution in [0.25, 0.3) is 20.7 Å². The molecule has 1 aromatic carbocycles. The van der Waals surface area contributed by atoms with E-state index in [2.05, 4.69) is 9.88 Å². The van der Waals surface area contributed by atoms with Gasteiger partial charge in [-0.2, -0.15) is 0 Å². The summed E-state index contributed by atoms with van der Waals surface area (Å²) in [6.45, 7) is 5.92. The molecule has 0 radical (unpaired) electrons. The van der Waals surface area contributed by atoms with Gasteiger partial charge < -0.3 is 19.4 Å². The third-order valence-corrected chi connectivity index (χ3v) is 9.47. The Bertz CT molecular complexity index is 1340. The van der Waals surface area contributed by atoms with Crippen molar-refractivity contribution in [2.24, 2.45) is 5.92 Å². The third kappa shape index (κ3) is 5.02. The van der Waals surface area contributed by atoms with Crippen LogP contribution in [-0.2, 0) is 4.74 Å². The van der Waals surface area contributed by atoms with Crippen LogP contribution in [0.3, 0.4) is 0 Å². The van der Waals surface area contributed by atoms with E-state index in [1.165, 1.54) is 11.3 Å². The lowest BCUT2D eigenvalue weighted by atomic mass is 10.1. The quantitative estimate of drug-likeness (QED) is 0.484. The van der Waals surface area contributed by atoms with Gasteiger partial charge in [-0.25, -0.2) is 9.78 Å². The number of likely N-dealkylation sites (tertiary alicyclic amines) is 2. The van der Waals surface area contributed by atoms with Crippen molar-refractivity contribution in [2.75, 3.05) is 53.0 Å². The molecule has 3 fully saturated rings. The number of carbonyl (C=O) groups excluding carboxylic acids is 1. The predicted octanol–water partition coefficient (Wildman–Crippen LogP) is 4.19. The summed E-state index contributed by atoms with van der Waals surface area (Å²) in [4.78, 5) is 38.6. The second kappa shape index (κ2) is 10.4. The minimum atomic E-state index is -0.0646. The van der Waals surface area contributed by atoms with Crippen LogP contribution in [-0.4, -0.2) is 89.3 Å². The Morgan fingerprint density at radius 2 is 2.03 bits per heavy atom. The molecule has 0 saturated carbocycles. The minimum Gasteiger partial charge on any atom is -0.381 e. The molecule has 10 heteroatoms. The van der Waals surface area contributed by atoms with Crippen LogP contribution in [0.1, 0.15) is 25.3 Å². The molecule has 3 aliphatic heterocycles. The smallest absolute Gasteiger partial charge is 0.320 e. The fourth-order valence-corrected chi connectivity index (χ4v) is 7.03. The number of amides is 2. The summed E-state index contributed by atoms with van der Waals surface area (Å²) in [6.07, 6.45) is 4.54. The first-order valence-electron chi connectivity index (χ1n) is 13.0. The molecule has 3 saturated heterocycles. The molecular formula is C27H32ClN5O3S. The molecule has 0 bridgehead atoms. The number of hydrogen-bond donors (Lipinski definition) is 0. The van der Waals surface area contributed by atoms with Crippen molar-refractivity contribution < 1.29 is 9.53 Å². The molecule has 37 heavy (non-hydrogen) atoms. The number of nitrogens with zero attached hydrogens (tertiary/aromatic N) is 5. The Labute approximate surface area is 225 Å². The third-order valence-electron chi connectivity index (χ3n) is 8.06. The van der Waals surface area contributed by atoms with E-state index in [9.17, 15) is 9.59 Å². The molecule has 8 nitrogen and oxygen atoms in total. The van der Waals surface area contributed by atoms with E-state index in [-0.39, 0.29) is 23.7 Å². The average molecular weight is 542 g/mol. The van der Waals surface area contributed by atoms with E-state index >= 15 is 0 Å². The van der Waals surface area contributed by atoms with Crippen molar-refractivity contribution in [3.05, 3.63) is 52.0 Å². The highest BCUT2D eigenvalue weighted by Gasteiger charge is 2.35. The van der Waals surface area contributed by atoms with Crippen LogP contribution in [0.5, 0.6) is 0 Å². The number of hydrogen-bond acceptors (Lipinski definition) is 6. The van der Waals surface area contributed by atoms with Crippen molar-refractivity contribution in [1.29, 1.82) is 0 Å². The van der Waals surface area contributed by atoms with E-state index in [0.717, 1.165) is 62.6 Å². The van der Waals surface area contributed by atoms with Gasteiger partial charge in [0.25, 0.3) is 5.56 Å². The molecule has 6 rings (SSSR count). The van der Waals surface area contributed by atoms with Gasteiger partial charge in [-0.1, -0.05) is 23.7 Å². The van der Waals surface area contributed by atoms with Crippen LogP contribution in [0.4, 0.5) is 4.79 Å². The van der Waals surface area contributed by atoms with Gasteiger partial charge in [0.1, 0.15) is 4.70 Å². The van der Waals surface area contributed by atoms with Crippen LogP contribution in [0.15, 0.2) is 41.5 Å². The Morgan fingerprint density at radius 3 is 2.81 bits per heavy atom. The summed E-state index contributed by atoms with van der Waals surface area (Å²) >= 11 is 7.48. The molecule has 5 heterocycles. The monoisotopic (exact) mass is 541 g/mol. The molecule has 3 aromatic rings. The number of carbonyl (C=O) groups is 1. The van der Waals surface area contributed by atoms with Gasteiger partial charge in [0.2, 0.25) is 0 Å². The number of benzene rings is 1. The number of aromatic nitrogens is 2. The maximum absolute atomic E-state index is 13.4. The second-order valence-electron chi connectivity index (χ2n) is 10.5. The lowest BCUT2D eigenvalue weighted by Gasteiger charge is -2.30. The van der Waals surface area contributed by atoms with E-state index in [1.807, 2.05) is 47.2 Å². The fraction of sp³-hybridized carbons (Fsp3) is 0.519. The van der Waals surface area contributed by atoms with Crippen molar-refractivity contribution in [3.63, 3.8) is 0 Å². The van der Waals surface area contributed by atoms with Gasteiger partial charge >= 0.3 is 6.03 Å². The molecule has 1 unspecified atom stereocenters. The van der Waals surface area contributed by atoms with E-state index in [4.69, 9.17) is 16.3 Å². The number of urea groups is 1. The number of fused-ring (bicyclic) bond motifs is 1. The Hall–Kier alpha value is -2.46. The Kier molecular flexibility index (Phi) is 6.96. The van der Waals surface area contributed by atoms with Crippen molar-refractivity contribution >= 4 is 39.2 Å². The first-order chi connectivity index (χ1) is 18.0. The summed E-state index contributed by atoms with van der Waals surface area (Å²) in [7, 11) is 1.92. The lowest BCUT2D eigenvalue weighted by molar-refractivity contribution is 0.150. The van der Waals surface area contributed by atoms with Gasteiger partial charge in [0.05, 0.1) is 24.5 Å². The fourth-order valence-electron chi connectivity index (χ4n) is 5.85. The first kappa shape index (κ1) is 24.9. The minimum absolute atomic E-state index is 0.0369. The van der Waals surface area contributed by atoms with Gasteiger partial charge in [0, 0.05) is 62.3 Å². The van der Waals surface area contributed by atoms with E-state index in [0.29, 0.717) is 34.2 Å². The van der Waals surface area contributed by atoms with Crippen molar-refractivity contribution in [3.8, 4) is 10.4 Å². The molecular weight excluding hydrogens is 510 g/mol. The average Bonchev–Trinajstić information content (AvgIpc) is 3.71. The molecule has 3 atom stereocenters. The highest BCUT2D eigenvalue weighted by Crippen LogP contribution is 2.32. The van der Waals surface area contributed by atoms with Crippen molar-refractivity contribution in [2.45, 2.75) is 31.3 Å². The zero-order chi connectivity index (χ0) is 25.5. The number of likely N-dealkylation sites (N-methyl/N-ethyl adjacent to an activating group) is 1. The number of rotatable bonds is 5. The largest absolute Gasteiger partial charge is 0.381 e. The van der Waals surface area contributed by atoms with Crippen molar-refractivity contribution in [1.82, 2.24) is 24.3 Å². The zero-order valence-electron chi connectivity index (χ0n) is 21.0. The highest BCUT2D eigenvalue weighted by atomic mass is 35.5. The maximum Gasteiger partial charge on any atom is 0.320 e. The first-order valence-corrected chi connectivity index (χ1v) is 14.2. The molecule has 2 aromatic heterocycles. The molecule has 2 amide bonds. The number of halogens is 1. The lowest BCUT2D eigenvalue weighted by Crippen LogP contribution is -2.46. The zero-order valence-corrected chi connectivity index (χ0v) is 22.6. The number of ether oxygens (including phenoxy) is 1. The predicted molar refractivity (Wildman–Crippen MR) is 146 cm³/mol. The van der Waals surface area contributed by atoms with Gasteiger partial charge in [-0.05, 0) is 48.9 Å². The van der Waals surface area contributed by atoms with Gasteiger partial charge in [0.15, 0.2) is 0 Å². The second-order valence-corrected chi connectivity index (χ2v) is 12.0. The highest BCUT2D eigenvalue weighted by molar-refractivity contribution is 7.22. The Balaban J connectivity index is 1.11. The maximum atomic E-state index is 13.4. The van der Waals surface area contributed by atoms with Crippen LogP contribution in [0, 0.1) is 5.92 Å². The van der Waals surface area contributed by atoms with Crippen LogP contribution in [0.2, 0.25) is 5.02 Å². The summed E-state index contributed by atoms with van der Waals surface area (Å²) < 4.78 is 7.89. The summed E-state index contributed by atoms with van der Waals surface area (Å²) in [6, 6.07) is 9.78. The molecule has 196 valence electrons.